The smallest absolute Gasteiger partial charge is 0.249 e. The van der Waals surface area contributed by atoms with Gasteiger partial charge in [0.1, 0.15) is 6.04 Å². The monoisotopic (exact) mass is 407 g/mol. The number of fused-ring (bicyclic) bond motifs is 5. The van der Waals surface area contributed by atoms with Crippen molar-refractivity contribution in [2.45, 2.75) is 25.8 Å². The molecule has 5 rings (SSSR count). The Balaban J connectivity index is 1.26. The molecule has 7 heteroatoms. The van der Waals surface area contributed by atoms with Gasteiger partial charge in [0.25, 0.3) is 0 Å². The molecular weight excluding hydrogens is 386 g/mol. The molecule has 1 aliphatic heterocycles. The summed E-state index contributed by atoms with van der Waals surface area (Å²) in [7, 11) is 0. The molecule has 29 heavy (non-hydrogen) atoms. The number of rotatable bonds is 5. The number of nitrogens with zero attached hydrogens (tertiary/aromatic N) is 2. The fraction of sp³-hybridized carbons (Fsp3) is 0.364. The lowest BCUT2D eigenvalue weighted by molar-refractivity contribution is -0.146. The number of carbonyl (C=O) groups excluding carboxylic acids is 3. The lowest BCUT2D eigenvalue weighted by atomic mass is 9.85. The number of hydrogen-bond acceptors (Lipinski definition) is 5. The predicted molar refractivity (Wildman–Crippen MR) is 109 cm³/mol. The van der Waals surface area contributed by atoms with Crippen LogP contribution in [-0.4, -0.2) is 33.6 Å². The molecule has 3 amide bonds. The van der Waals surface area contributed by atoms with Crippen LogP contribution in [0.5, 0.6) is 0 Å². The number of carbonyl (C=O) groups is 3. The van der Waals surface area contributed by atoms with Gasteiger partial charge in [-0.1, -0.05) is 42.5 Å². The topological polar surface area (TPSA) is 79.4 Å². The summed E-state index contributed by atoms with van der Waals surface area (Å²) in [5, 5.41) is 3.26. The Bertz CT molecular complexity index is 985. The Labute approximate surface area is 172 Å². The maximum Gasteiger partial charge on any atom is 0.249 e. The van der Waals surface area contributed by atoms with Crippen molar-refractivity contribution in [1.29, 1.82) is 0 Å². The van der Waals surface area contributed by atoms with Crippen molar-refractivity contribution in [3.05, 3.63) is 59.1 Å². The Morgan fingerprint density at radius 2 is 1.83 bits per heavy atom. The quantitative estimate of drug-likeness (QED) is 0.611. The van der Waals surface area contributed by atoms with Crippen LogP contribution in [0.4, 0.5) is 5.13 Å². The Morgan fingerprint density at radius 3 is 2.48 bits per heavy atom. The number of aromatic nitrogens is 1. The van der Waals surface area contributed by atoms with Crippen molar-refractivity contribution < 1.29 is 14.4 Å². The number of amides is 3. The summed E-state index contributed by atoms with van der Waals surface area (Å²) < 4.78 is 0. The summed E-state index contributed by atoms with van der Waals surface area (Å²) in [6, 6.07) is 9.19. The van der Waals surface area contributed by atoms with E-state index in [2.05, 4.69) is 22.5 Å². The summed E-state index contributed by atoms with van der Waals surface area (Å²) in [4.78, 5) is 45.0. The maximum atomic E-state index is 12.9. The van der Waals surface area contributed by atoms with Crippen LogP contribution in [0.1, 0.15) is 23.8 Å². The van der Waals surface area contributed by atoms with E-state index in [1.54, 1.807) is 13.1 Å². The highest BCUT2D eigenvalue weighted by Crippen LogP contribution is 2.52. The number of nitrogens with one attached hydrogen (secondary N) is 1. The first kappa shape index (κ1) is 18.2. The zero-order valence-corrected chi connectivity index (χ0v) is 16.8. The van der Waals surface area contributed by atoms with Gasteiger partial charge in [0.15, 0.2) is 5.13 Å². The van der Waals surface area contributed by atoms with Crippen molar-refractivity contribution in [2.24, 2.45) is 23.7 Å². The maximum absolute atomic E-state index is 12.9. The van der Waals surface area contributed by atoms with E-state index in [9.17, 15) is 14.4 Å². The minimum absolute atomic E-state index is 0.140. The summed E-state index contributed by atoms with van der Waals surface area (Å²) >= 11 is 1.40. The molecule has 5 atom stereocenters. The highest BCUT2D eigenvalue weighted by molar-refractivity contribution is 7.15. The van der Waals surface area contributed by atoms with Gasteiger partial charge in [-0.3, -0.25) is 19.3 Å². The van der Waals surface area contributed by atoms with Crippen LogP contribution in [0.2, 0.25) is 0 Å². The molecule has 0 radical (unpaired) electrons. The van der Waals surface area contributed by atoms with Crippen LogP contribution >= 0.6 is 11.3 Å². The SMILES string of the molecule is C[C@H](C(=O)Nc1ncc(Cc2ccccc2)s1)N1C(=O)[C@@H]2[C@H](C1=O)[C@H]1C=C[C@H]2C1. The molecular formula is C22H21N3O3S. The van der Waals surface area contributed by atoms with E-state index in [1.807, 2.05) is 30.3 Å². The number of anilines is 1. The van der Waals surface area contributed by atoms with Gasteiger partial charge >= 0.3 is 0 Å². The van der Waals surface area contributed by atoms with Crippen LogP contribution in [0, 0.1) is 23.7 Å². The van der Waals surface area contributed by atoms with Crippen molar-refractivity contribution >= 4 is 34.2 Å². The predicted octanol–water partition coefficient (Wildman–Crippen LogP) is 2.87. The van der Waals surface area contributed by atoms with E-state index in [0.717, 1.165) is 17.7 Å². The van der Waals surface area contributed by atoms with Gasteiger partial charge in [0.05, 0.1) is 11.8 Å². The summed E-state index contributed by atoms with van der Waals surface area (Å²) in [6.45, 7) is 1.61. The second-order valence-corrected chi connectivity index (χ2v) is 9.12. The van der Waals surface area contributed by atoms with E-state index >= 15 is 0 Å². The number of imide groups is 1. The largest absolute Gasteiger partial charge is 0.300 e. The minimum atomic E-state index is -0.846. The van der Waals surface area contributed by atoms with Crippen LogP contribution < -0.4 is 5.32 Å². The molecule has 0 unspecified atom stereocenters. The van der Waals surface area contributed by atoms with Crippen molar-refractivity contribution in [3.8, 4) is 0 Å². The molecule has 2 aliphatic carbocycles. The fourth-order valence-electron chi connectivity index (χ4n) is 4.88. The molecule has 6 nitrogen and oxygen atoms in total. The van der Waals surface area contributed by atoms with E-state index in [-0.39, 0.29) is 41.4 Å². The van der Waals surface area contributed by atoms with E-state index in [1.165, 1.54) is 21.8 Å². The summed E-state index contributed by atoms with van der Waals surface area (Å²) in [6.07, 6.45) is 7.47. The molecule has 148 valence electrons. The molecule has 2 bridgehead atoms. The second-order valence-electron chi connectivity index (χ2n) is 8.01. The van der Waals surface area contributed by atoms with Gasteiger partial charge in [-0.05, 0) is 30.7 Å². The minimum Gasteiger partial charge on any atom is -0.300 e. The highest BCUT2D eigenvalue weighted by Gasteiger charge is 2.60. The van der Waals surface area contributed by atoms with Gasteiger partial charge in [-0.2, -0.15) is 0 Å². The van der Waals surface area contributed by atoms with Crippen molar-refractivity contribution in [3.63, 3.8) is 0 Å². The van der Waals surface area contributed by atoms with Crippen LogP contribution in [0.3, 0.4) is 0 Å². The fourth-order valence-corrected chi connectivity index (χ4v) is 5.73. The standard InChI is InChI=1S/C22H21N3O3S/c1-12(25-20(27)17-14-7-8-15(10-14)18(17)21(25)28)19(26)24-22-23-11-16(29-22)9-13-5-3-2-4-6-13/h2-8,11-12,14-15,17-18H,9-10H2,1H3,(H,23,24,26)/t12-,14+,15+,17-,18+/m1/s1. The average molecular weight is 407 g/mol. The summed E-state index contributed by atoms with van der Waals surface area (Å²) in [5.74, 6) is -1.09. The van der Waals surface area contributed by atoms with Gasteiger partial charge in [0.2, 0.25) is 17.7 Å². The molecule has 1 saturated carbocycles. The average Bonchev–Trinajstić information content (AvgIpc) is 3.48. The summed E-state index contributed by atoms with van der Waals surface area (Å²) in [5.41, 5.74) is 1.17. The third-order valence-corrected chi connectivity index (χ3v) is 7.19. The molecule has 3 aliphatic rings. The number of hydrogen-bond donors (Lipinski definition) is 1. The van der Waals surface area contributed by atoms with Gasteiger partial charge in [-0.15, -0.1) is 11.3 Å². The number of benzene rings is 1. The number of allylic oxidation sites excluding steroid dienone is 2. The van der Waals surface area contributed by atoms with Gasteiger partial charge in [-0.25, -0.2) is 4.98 Å². The first-order valence-corrected chi connectivity index (χ1v) is 10.7. The molecule has 2 aromatic rings. The van der Waals surface area contributed by atoms with Crippen molar-refractivity contribution in [2.75, 3.05) is 5.32 Å². The molecule has 2 heterocycles. The molecule has 1 N–H and O–H groups in total. The molecule has 1 aromatic heterocycles. The lowest BCUT2D eigenvalue weighted by Crippen LogP contribution is -2.46. The first-order valence-electron chi connectivity index (χ1n) is 9.87. The van der Waals surface area contributed by atoms with Crippen LogP contribution in [0.15, 0.2) is 48.7 Å². The molecule has 1 saturated heterocycles. The second kappa shape index (κ2) is 6.91. The zero-order valence-electron chi connectivity index (χ0n) is 15.9. The number of thiazole rings is 1. The third kappa shape index (κ3) is 3.00. The lowest BCUT2D eigenvalue weighted by Gasteiger charge is -2.23. The van der Waals surface area contributed by atoms with E-state index < -0.39 is 6.04 Å². The van der Waals surface area contributed by atoms with Gasteiger partial charge < -0.3 is 5.32 Å². The normalized spacial score (nSPS) is 28.1. The Morgan fingerprint density at radius 1 is 1.17 bits per heavy atom. The highest BCUT2D eigenvalue weighted by atomic mass is 32.1. The molecule has 0 spiro atoms. The van der Waals surface area contributed by atoms with E-state index in [0.29, 0.717) is 5.13 Å². The van der Waals surface area contributed by atoms with Crippen molar-refractivity contribution in [1.82, 2.24) is 9.88 Å². The van der Waals surface area contributed by atoms with E-state index in [4.69, 9.17) is 0 Å². The molecule has 1 aromatic carbocycles. The van der Waals surface area contributed by atoms with Crippen LogP contribution in [0.25, 0.3) is 0 Å². The molecule has 2 fully saturated rings. The van der Waals surface area contributed by atoms with Gasteiger partial charge in [0, 0.05) is 17.5 Å². The third-order valence-electron chi connectivity index (χ3n) is 6.28. The Hall–Kier alpha value is -2.80. The zero-order chi connectivity index (χ0) is 20.1. The number of likely N-dealkylation sites (tertiary alicyclic amines) is 1. The van der Waals surface area contributed by atoms with Crippen LogP contribution in [-0.2, 0) is 20.8 Å². The Kier molecular flexibility index (Phi) is 4.35. The first-order chi connectivity index (χ1) is 14.0.